The van der Waals surface area contributed by atoms with Crippen molar-refractivity contribution in [2.75, 3.05) is 5.32 Å². The van der Waals surface area contributed by atoms with Crippen molar-refractivity contribution in [2.45, 2.75) is 19.4 Å². The van der Waals surface area contributed by atoms with Crippen molar-refractivity contribution in [3.8, 4) is 0 Å². The molecule has 6 heteroatoms. The Morgan fingerprint density at radius 2 is 2.11 bits per heavy atom. The molecule has 3 nitrogen and oxygen atoms in total. The van der Waals surface area contributed by atoms with E-state index in [1.54, 1.807) is 6.20 Å². The number of nitrogens with zero attached hydrogens (tertiary/aromatic N) is 2. The number of thiazole rings is 1. The Labute approximate surface area is 124 Å². The number of rotatable bonds is 3. The molecule has 98 valence electrons. The Morgan fingerprint density at radius 3 is 2.84 bits per heavy atom. The summed E-state index contributed by atoms with van der Waals surface area (Å²) in [6.45, 7) is 4.19. The average molecular weight is 310 g/mol. The SMILES string of the molecule is CC(C)(Nc1ccc2sncc2c1)c1ncc(Cl)s1. The first-order valence-electron chi connectivity index (χ1n) is 5.79. The van der Waals surface area contributed by atoms with E-state index in [0.717, 1.165) is 16.1 Å². The largest absolute Gasteiger partial charge is 0.374 e. The molecule has 0 spiro atoms. The third-order valence-electron chi connectivity index (χ3n) is 2.82. The lowest BCUT2D eigenvalue weighted by Gasteiger charge is -2.25. The van der Waals surface area contributed by atoms with E-state index in [1.165, 1.54) is 27.6 Å². The predicted molar refractivity (Wildman–Crippen MR) is 83.4 cm³/mol. The first kappa shape index (κ1) is 12.8. The Bertz CT molecular complexity index is 717. The molecule has 0 fully saturated rings. The summed E-state index contributed by atoms with van der Waals surface area (Å²) in [5.74, 6) is 0. The van der Waals surface area contributed by atoms with Crippen LogP contribution in [0.1, 0.15) is 18.9 Å². The van der Waals surface area contributed by atoms with Gasteiger partial charge in [0, 0.05) is 17.3 Å². The van der Waals surface area contributed by atoms with Crippen molar-refractivity contribution in [3.63, 3.8) is 0 Å². The molecule has 0 unspecified atom stereocenters. The Hall–Kier alpha value is -1.17. The summed E-state index contributed by atoms with van der Waals surface area (Å²) < 4.78 is 6.09. The Balaban J connectivity index is 1.90. The highest BCUT2D eigenvalue weighted by Crippen LogP contribution is 2.32. The van der Waals surface area contributed by atoms with Gasteiger partial charge in [-0.15, -0.1) is 11.3 Å². The van der Waals surface area contributed by atoms with Gasteiger partial charge < -0.3 is 5.32 Å². The van der Waals surface area contributed by atoms with E-state index in [0.29, 0.717) is 4.34 Å². The third-order valence-corrected chi connectivity index (χ3v) is 5.04. The van der Waals surface area contributed by atoms with E-state index < -0.39 is 0 Å². The molecule has 0 aliphatic rings. The minimum atomic E-state index is -0.255. The molecule has 0 aliphatic heterocycles. The zero-order chi connectivity index (χ0) is 13.5. The lowest BCUT2D eigenvalue weighted by atomic mass is 10.1. The molecular weight excluding hydrogens is 298 g/mol. The highest BCUT2D eigenvalue weighted by molar-refractivity contribution is 7.16. The number of nitrogens with one attached hydrogen (secondary N) is 1. The molecule has 0 aliphatic carbocycles. The van der Waals surface area contributed by atoms with Gasteiger partial charge in [0.1, 0.15) is 9.34 Å². The van der Waals surface area contributed by atoms with Crippen LogP contribution in [0.15, 0.2) is 30.6 Å². The monoisotopic (exact) mass is 309 g/mol. The van der Waals surface area contributed by atoms with Gasteiger partial charge in [-0.25, -0.2) is 4.98 Å². The van der Waals surface area contributed by atoms with Crippen LogP contribution < -0.4 is 5.32 Å². The number of hydrogen-bond acceptors (Lipinski definition) is 5. The van der Waals surface area contributed by atoms with Crippen LogP contribution in [-0.4, -0.2) is 9.36 Å². The predicted octanol–water partition coefficient (Wildman–Crippen LogP) is 4.75. The minimum Gasteiger partial charge on any atom is -0.374 e. The Kier molecular flexibility index (Phi) is 3.20. The van der Waals surface area contributed by atoms with Gasteiger partial charge in [-0.3, -0.25) is 0 Å². The van der Waals surface area contributed by atoms with Gasteiger partial charge in [0.2, 0.25) is 0 Å². The van der Waals surface area contributed by atoms with Crippen LogP contribution in [0.25, 0.3) is 10.1 Å². The van der Waals surface area contributed by atoms with Crippen LogP contribution in [-0.2, 0) is 5.54 Å². The maximum absolute atomic E-state index is 5.95. The summed E-state index contributed by atoms with van der Waals surface area (Å²) >= 11 is 8.96. The first-order valence-corrected chi connectivity index (χ1v) is 7.76. The molecule has 1 aromatic carbocycles. The third kappa shape index (κ3) is 2.59. The van der Waals surface area contributed by atoms with Gasteiger partial charge in [-0.05, 0) is 43.6 Å². The molecule has 0 bridgehead atoms. The minimum absolute atomic E-state index is 0.255. The number of halogens is 1. The quantitative estimate of drug-likeness (QED) is 0.758. The van der Waals surface area contributed by atoms with Gasteiger partial charge in [0.15, 0.2) is 0 Å². The summed E-state index contributed by atoms with van der Waals surface area (Å²) in [7, 11) is 0. The van der Waals surface area contributed by atoms with E-state index in [1.807, 2.05) is 6.20 Å². The highest BCUT2D eigenvalue weighted by atomic mass is 35.5. The molecule has 3 aromatic rings. The van der Waals surface area contributed by atoms with Crippen molar-refractivity contribution < 1.29 is 0 Å². The van der Waals surface area contributed by atoms with Crippen molar-refractivity contribution in [1.29, 1.82) is 0 Å². The number of anilines is 1. The molecule has 3 rings (SSSR count). The summed E-state index contributed by atoms with van der Waals surface area (Å²) in [5, 5.41) is 5.62. The number of aromatic nitrogens is 2. The normalized spacial score (nSPS) is 11.9. The maximum Gasteiger partial charge on any atom is 0.119 e. The van der Waals surface area contributed by atoms with Gasteiger partial charge in [-0.2, -0.15) is 4.37 Å². The zero-order valence-corrected chi connectivity index (χ0v) is 12.9. The van der Waals surface area contributed by atoms with Crippen LogP contribution in [0.3, 0.4) is 0 Å². The van der Waals surface area contributed by atoms with Gasteiger partial charge in [-0.1, -0.05) is 11.6 Å². The van der Waals surface area contributed by atoms with Crippen molar-refractivity contribution in [2.24, 2.45) is 0 Å². The lowest BCUT2D eigenvalue weighted by molar-refractivity contribution is 0.604. The molecule has 0 radical (unpaired) electrons. The topological polar surface area (TPSA) is 37.8 Å². The molecule has 0 atom stereocenters. The van der Waals surface area contributed by atoms with Crippen molar-refractivity contribution >= 4 is 50.2 Å². The summed E-state index contributed by atoms with van der Waals surface area (Å²) in [6.07, 6.45) is 3.58. The van der Waals surface area contributed by atoms with E-state index in [4.69, 9.17) is 11.6 Å². The second-order valence-corrected chi connectivity index (χ2v) is 7.29. The zero-order valence-electron chi connectivity index (χ0n) is 10.5. The van der Waals surface area contributed by atoms with Crippen LogP contribution in [0.4, 0.5) is 5.69 Å². The smallest absolute Gasteiger partial charge is 0.119 e. The molecule has 0 saturated heterocycles. The fraction of sp³-hybridized carbons (Fsp3) is 0.231. The summed E-state index contributed by atoms with van der Waals surface area (Å²) in [6, 6.07) is 6.26. The van der Waals surface area contributed by atoms with E-state index in [9.17, 15) is 0 Å². The average Bonchev–Trinajstić information content (AvgIpc) is 2.96. The Morgan fingerprint density at radius 1 is 1.26 bits per heavy atom. The van der Waals surface area contributed by atoms with Crippen molar-refractivity contribution in [1.82, 2.24) is 9.36 Å². The van der Waals surface area contributed by atoms with Crippen LogP contribution >= 0.6 is 34.5 Å². The van der Waals surface area contributed by atoms with Crippen LogP contribution in [0, 0.1) is 0 Å². The molecule has 0 saturated carbocycles. The molecule has 2 aromatic heterocycles. The van der Waals surface area contributed by atoms with E-state index in [-0.39, 0.29) is 5.54 Å². The molecule has 19 heavy (non-hydrogen) atoms. The second kappa shape index (κ2) is 4.74. The number of fused-ring (bicyclic) bond motifs is 1. The number of benzene rings is 1. The van der Waals surface area contributed by atoms with Crippen LogP contribution in [0.5, 0.6) is 0 Å². The number of hydrogen-bond donors (Lipinski definition) is 1. The van der Waals surface area contributed by atoms with Gasteiger partial charge in [0.25, 0.3) is 0 Å². The second-order valence-electron chi connectivity index (χ2n) is 4.80. The van der Waals surface area contributed by atoms with E-state index >= 15 is 0 Å². The molecular formula is C13H12ClN3S2. The first-order chi connectivity index (χ1) is 9.04. The fourth-order valence-electron chi connectivity index (χ4n) is 1.91. The summed E-state index contributed by atoms with van der Waals surface area (Å²) in [5.41, 5.74) is 0.804. The summed E-state index contributed by atoms with van der Waals surface area (Å²) in [4.78, 5) is 4.35. The molecule has 2 heterocycles. The molecule has 0 amide bonds. The standard InChI is InChI=1S/C13H12ClN3S2/c1-13(2,12-15-7-11(14)18-12)17-9-3-4-10-8(5-9)6-16-19-10/h3-7,17H,1-2H3. The highest BCUT2D eigenvalue weighted by Gasteiger charge is 2.24. The van der Waals surface area contributed by atoms with Crippen molar-refractivity contribution in [3.05, 3.63) is 39.9 Å². The fourth-order valence-corrected chi connectivity index (χ4v) is 3.50. The lowest BCUT2D eigenvalue weighted by Crippen LogP contribution is -2.27. The van der Waals surface area contributed by atoms with Crippen LogP contribution in [0.2, 0.25) is 4.34 Å². The van der Waals surface area contributed by atoms with Gasteiger partial charge >= 0.3 is 0 Å². The van der Waals surface area contributed by atoms with Gasteiger partial charge in [0.05, 0.1) is 16.4 Å². The maximum atomic E-state index is 5.95. The molecule has 1 N–H and O–H groups in total. The van der Waals surface area contributed by atoms with E-state index in [2.05, 4.69) is 46.7 Å².